The van der Waals surface area contributed by atoms with Gasteiger partial charge in [-0.3, -0.25) is 4.79 Å². The van der Waals surface area contributed by atoms with Crippen molar-refractivity contribution in [2.75, 3.05) is 0 Å². The van der Waals surface area contributed by atoms with Crippen LogP contribution in [-0.4, -0.2) is 12.0 Å². The van der Waals surface area contributed by atoms with Crippen LogP contribution in [0.2, 0.25) is 5.02 Å². The molecule has 116 valence electrons. The summed E-state index contributed by atoms with van der Waals surface area (Å²) in [6.45, 7) is 4.39. The molecule has 2 rings (SSSR count). The van der Waals surface area contributed by atoms with E-state index >= 15 is 0 Å². The van der Waals surface area contributed by atoms with Crippen LogP contribution in [0.25, 0.3) is 0 Å². The molecule has 0 radical (unpaired) electrons. The van der Waals surface area contributed by atoms with Crippen LogP contribution in [0.15, 0.2) is 48.5 Å². The Morgan fingerprint density at radius 3 is 2.59 bits per heavy atom. The van der Waals surface area contributed by atoms with E-state index in [-0.39, 0.29) is 5.91 Å². The van der Waals surface area contributed by atoms with Crippen molar-refractivity contribution in [2.24, 2.45) is 0 Å². The second kappa shape index (κ2) is 7.85. The van der Waals surface area contributed by atoms with Gasteiger partial charge in [0.25, 0.3) is 5.91 Å². The second-order valence-electron chi connectivity index (χ2n) is 5.18. The monoisotopic (exact) mass is 317 g/mol. The maximum Gasteiger partial charge on any atom is 0.261 e. The Morgan fingerprint density at radius 2 is 1.95 bits per heavy atom. The fraction of sp³-hybridized carbons (Fsp3) is 0.278. The highest BCUT2D eigenvalue weighted by Crippen LogP contribution is 2.15. The summed E-state index contributed by atoms with van der Waals surface area (Å²) in [6.07, 6.45) is 0.120. The number of halogens is 1. The van der Waals surface area contributed by atoms with Crippen molar-refractivity contribution in [2.45, 2.75) is 32.9 Å². The molecule has 0 bridgehead atoms. The lowest BCUT2D eigenvalue weighted by Gasteiger charge is -2.17. The van der Waals surface area contributed by atoms with E-state index in [1.54, 1.807) is 0 Å². The van der Waals surface area contributed by atoms with E-state index in [9.17, 15) is 4.79 Å². The highest BCUT2D eigenvalue weighted by Gasteiger charge is 2.18. The summed E-state index contributed by atoms with van der Waals surface area (Å²) in [6, 6.07) is 15.1. The highest BCUT2D eigenvalue weighted by atomic mass is 35.5. The molecular formula is C18H20ClNO2. The summed E-state index contributed by atoms with van der Waals surface area (Å²) in [7, 11) is 0. The van der Waals surface area contributed by atoms with Crippen molar-refractivity contribution in [3.8, 4) is 5.75 Å². The number of rotatable bonds is 6. The van der Waals surface area contributed by atoms with Crippen molar-refractivity contribution in [3.63, 3.8) is 0 Å². The normalized spacial score (nSPS) is 11.8. The number of aryl methyl sites for hydroxylation is 1. The molecule has 0 aromatic heterocycles. The number of hydrogen-bond donors (Lipinski definition) is 1. The van der Waals surface area contributed by atoms with Gasteiger partial charge < -0.3 is 10.1 Å². The van der Waals surface area contributed by atoms with Crippen molar-refractivity contribution in [1.82, 2.24) is 5.32 Å². The third-order valence-corrected chi connectivity index (χ3v) is 3.56. The molecule has 0 heterocycles. The number of amides is 1. The van der Waals surface area contributed by atoms with Crippen LogP contribution in [0.5, 0.6) is 5.75 Å². The predicted molar refractivity (Wildman–Crippen MR) is 89.2 cm³/mol. The van der Waals surface area contributed by atoms with Gasteiger partial charge in [-0.15, -0.1) is 0 Å². The number of carbonyl (C=O) groups is 1. The smallest absolute Gasteiger partial charge is 0.261 e. The molecule has 3 nitrogen and oxygen atoms in total. The Kier molecular flexibility index (Phi) is 5.84. The molecule has 0 aliphatic carbocycles. The van der Waals surface area contributed by atoms with Crippen LogP contribution in [0, 0.1) is 6.92 Å². The van der Waals surface area contributed by atoms with E-state index in [2.05, 4.69) is 5.32 Å². The van der Waals surface area contributed by atoms with Crippen LogP contribution < -0.4 is 10.1 Å². The lowest BCUT2D eigenvalue weighted by Crippen LogP contribution is -2.37. The molecule has 1 N–H and O–H groups in total. The molecule has 1 amide bonds. The van der Waals surface area contributed by atoms with Gasteiger partial charge in [0.15, 0.2) is 6.10 Å². The fourth-order valence-electron chi connectivity index (χ4n) is 2.08. The van der Waals surface area contributed by atoms with Crippen molar-refractivity contribution in [1.29, 1.82) is 0 Å². The van der Waals surface area contributed by atoms with Gasteiger partial charge in [0.05, 0.1) is 0 Å². The van der Waals surface area contributed by atoms with Crippen molar-refractivity contribution < 1.29 is 9.53 Å². The standard InChI is InChI=1S/C18H20ClNO2/c1-3-17(22-16-6-4-5-13(2)11-16)18(21)20-12-14-7-9-15(19)10-8-14/h4-11,17H,3,12H2,1-2H3,(H,20,21)/t17-/m1/s1. The first kappa shape index (κ1) is 16.4. The van der Waals surface area contributed by atoms with E-state index in [0.717, 1.165) is 11.1 Å². The lowest BCUT2D eigenvalue weighted by molar-refractivity contribution is -0.128. The first-order chi connectivity index (χ1) is 10.6. The first-order valence-electron chi connectivity index (χ1n) is 7.34. The van der Waals surface area contributed by atoms with Crippen LogP contribution in [0.4, 0.5) is 0 Å². The molecule has 0 unspecified atom stereocenters. The third-order valence-electron chi connectivity index (χ3n) is 3.31. The minimum atomic E-state index is -0.492. The van der Waals surface area contributed by atoms with Gasteiger partial charge in [-0.05, 0) is 48.7 Å². The summed E-state index contributed by atoms with van der Waals surface area (Å²) in [5.41, 5.74) is 2.11. The Bertz CT molecular complexity index is 625. The predicted octanol–water partition coefficient (Wildman–Crippen LogP) is 4.12. The zero-order chi connectivity index (χ0) is 15.9. The Hall–Kier alpha value is -2.00. The quantitative estimate of drug-likeness (QED) is 0.870. The molecule has 2 aromatic rings. The molecule has 0 aliphatic heterocycles. The maximum atomic E-state index is 12.2. The number of nitrogens with one attached hydrogen (secondary N) is 1. The Balaban J connectivity index is 1.92. The van der Waals surface area contributed by atoms with Crippen LogP contribution in [0.1, 0.15) is 24.5 Å². The minimum Gasteiger partial charge on any atom is -0.481 e. The number of carbonyl (C=O) groups excluding carboxylic acids is 1. The molecule has 4 heteroatoms. The summed E-state index contributed by atoms with van der Waals surface area (Å²) in [4.78, 5) is 12.2. The highest BCUT2D eigenvalue weighted by molar-refractivity contribution is 6.30. The Morgan fingerprint density at radius 1 is 1.23 bits per heavy atom. The number of hydrogen-bond acceptors (Lipinski definition) is 2. The van der Waals surface area contributed by atoms with E-state index in [1.165, 1.54) is 0 Å². The van der Waals surface area contributed by atoms with Crippen LogP contribution in [0.3, 0.4) is 0 Å². The first-order valence-corrected chi connectivity index (χ1v) is 7.71. The lowest BCUT2D eigenvalue weighted by atomic mass is 10.2. The zero-order valence-corrected chi connectivity index (χ0v) is 13.6. The molecule has 2 aromatic carbocycles. The molecule has 0 saturated carbocycles. The fourth-order valence-corrected chi connectivity index (χ4v) is 2.21. The molecule has 1 atom stereocenters. The largest absolute Gasteiger partial charge is 0.481 e. The molecule has 0 spiro atoms. The van der Waals surface area contributed by atoms with Crippen LogP contribution in [-0.2, 0) is 11.3 Å². The van der Waals surface area contributed by atoms with E-state index in [4.69, 9.17) is 16.3 Å². The van der Waals surface area contributed by atoms with Gasteiger partial charge in [0.1, 0.15) is 5.75 Å². The summed E-state index contributed by atoms with van der Waals surface area (Å²) >= 11 is 5.84. The molecular weight excluding hydrogens is 298 g/mol. The van der Waals surface area contributed by atoms with E-state index < -0.39 is 6.10 Å². The molecule has 22 heavy (non-hydrogen) atoms. The van der Waals surface area contributed by atoms with E-state index in [0.29, 0.717) is 23.7 Å². The van der Waals surface area contributed by atoms with Gasteiger partial charge in [0, 0.05) is 11.6 Å². The van der Waals surface area contributed by atoms with Gasteiger partial charge in [-0.25, -0.2) is 0 Å². The minimum absolute atomic E-state index is 0.112. The third kappa shape index (κ3) is 4.78. The average molecular weight is 318 g/mol. The maximum absolute atomic E-state index is 12.2. The average Bonchev–Trinajstić information content (AvgIpc) is 2.52. The summed E-state index contributed by atoms with van der Waals surface area (Å²) < 4.78 is 5.78. The van der Waals surface area contributed by atoms with Crippen molar-refractivity contribution in [3.05, 3.63) is 64.7 Å². The molecule has 0 saturated heterocycles. The van der Waals surface area contributed by atoms with Gasteiger partial charge in [-0.2, -0.15) is 0 Å². The van der Waals surface area contributed by atoms with Crippen molar-refractivity contribution >= 4 is 17.5 Å². The topological polar surface area (TPSA) is 38.3 Å². The number of benzene rings is 2. The van der Waals surface area contributed by atoms with Gasteiger partial charge >= 0.3 is 0 Å². The zero-order valence-electron chi connectivity index (χ0n) is 12.8. The number of ether oxygens (including phenoxy) is 1. The summed E-state index contributed by atoms with van der Waals surface area (Å²) in [5, 5.41) is 3.58. The molecule has 0 aliphatic rings. The SMILES string of the molecule is CC[C@@H](Oc1cccc(C)c1)C(=O)NCc1ccc(Cl)cc1. The Labute approximate surface area is 136 Å². The van der Waals surface area contributed by atoms with Crippen LogP contribution >= 0.6 is 11.6 Å². The van der Waals surface area contributed by atoms with E-state index in [1.807, 2.05) is 62.4 Å². The van der Waals surface area contributed by atoms with Gasteiger partial charge in [-0.1, -0.05) is 42.8 Å². The second-order valence-corrected chi connectivity index (χ2v) is 5.61. The van der Waals surface area contributed by atoms with Gasteiger partial charge in [0.2, 0.25) is 0 Å². The summed E-state index contributed by atoms with van der Waals surface area (Å²) in [5.74, 6) is 0.604. The molecule has 0 fully saturated rings.